The number of aryl methyl sites for hydroxylation is 2. The lowest BCUT2D eigenvalue weighted by atomic mass is 9.96. The predicted molar refractivity (Wildman–Crippen MR) is 134 cm³/mol. The molecule has 6 nitrogen and oxygen atoms in total. The van der Waals surface area contributed by atoms with Crippen LogP contribution in [0.5, 0.6) is 0 Å². The number of amides is 1. The number of piperidine rings is 1. The van der Waals surface area contributed by atoms with Gasteiger partial charge in [0.25, 0.3) is 0 Å². The number of thiazole rings is 1. The van der Waals surface area contributed by atoms with Gasteiger partial charge in [-0.25, -0.2) is 15.0 Å². The van der Waals surface area contributed by atoms with Gasteiger partial charge in [-0.3, -0.25) is 9.69 Å². The number of nitrogens with zero attached hydrogens (tertiary/aromatic N) is 5. The Bertz CT molecular complexity index is 1260. The first-order valence-electron chi connectivity index (χ1n) is 11.3. The monoisotopic (exact) mass is 457 g/mol. The first-order valence-corrected chi connectivity index (χ1v) is 12.1. The van der Waals surface area contributed by atoms with E-state index in [1.165, 1.54) is 5.56 Å². The molecular formula is C26H27N5OS. The Morgan fingerprint density at radius 1 is 1.12 bits per heavy atom. The molecule has 7 heteroatoms. The molecule has 5 rings (SSSR count). The van der Waals surface area contributed by atoms with Crippen molar-refractivity contribution in [3.63, 3.8) is 0 Å². The van der Waals surface area contributed by atoms with E-state index in [1.807, 2.05) is 29.2 Å². The van der Waals surface area contributed by atoms with E-state index in [2.05, 4.69) is 53.0 Å². The Hall–Kier alpha value is -3.32. The normalized spacial score (nSPS) is 16.2. The second-order valence-electron chi connectivity index (χ2n) is 8.67. The molecule has 1 aliphatic rings. The maximum absolute atomic E-state index is 13.9. The summed E-state index contributed by atoms with van der Waals surface area (Å²) in [5.41, 5.74) is 4.43. The smallest absolute Gasteiger partial charge is 0.233 e. The number of hydrogen-bond acceptors (Lipinski definition) is 6. The van der Waals surface area contributed by atoms with Gasteiger partial charge in [0.05, 0.1) is 22.7 Å². The fourth-order valence-corrected chi connectivity index (χ4v) is 5.66. The summed E-state index contributed by atoms with van der Waals surface area (Å²) in [6.45, 7) is 6.18. The largest absolute Gasteiger partial charge is 0.340 e. The van der Waals surface area contributed by atoms with Crippen molar-refractivity contribution in [2.75, 3.05) is 22.9 Å². The molecule has 1 fully saturated rings. The molecule has 0 radical (unpaired) electrons. The zero-order valence-corrected chi connectivity index (χ0v) is 19.8. The number of benzene rings is 2. The van der Waals surface area contributed by atoms with Gasteiger partial charge in [0.15, 0.2) is 5.13 Å². The van der Waals surface area contributed by atoms with Crippen LogP contribution in [0.4, 0.5) is 11.1 Å². The molecule has 0 bridgehead atoms. The van der Waals surface area contributed by atoms with E-state index >= 15 is 0 Å². The van der Waals surface area contributed by atoms with E-state index in [0.29, 0.717) is 19.0 Å². The predicted octanol–water partition coefficient (Wildman–Crippen LogP) is 5.15. The SMILES string of the molecule is Cc1cc(C)c2nc(N(Cc3ccccc3)C(=O)C3CCCN(c4ncccn4)C3)sc2c1. The Balaban J connectivity index is 1.48. The minimum absolute atomic E-state index is 0.118. The highest BCUT2D eigenvalue weighted by Crippen LogP contribution is 2.34. The van der Waals surface area contributed by atoms with Crippen molar-refractivity contribution in [2.45, 2.75) is 33.2 Å². The van der Waals surface area contributed by atoms with Crippen LogP contribution in [0.1, 0.15) is 29.5 Å². The zero-order valence-electron chi connectivity index (χ0n) is 18.9. The average molecular weight is 458 g/mol. The molecule has 1 atom stereocenters. The van der Waals surface area contributed by atoms with E-state index in [0.717, 1.165) is 45.9 Å². The third-order valence-electron chi connectivity index (χ3n) is 6.10. The molecule has 1 saturated heterocycles. The fraction of sp³-hybridized carbons (Fsp3) is 0.308. The van der Waals surface area contributed by atoms with Gasteiger partial charge >= 0.3 is 0 Å². The summed E-state index contributed by atoms with van der Waals surface area (Å²) in [6, 6.07) is 16.3. The Morgan fingerprint density at radius 3 is 2.70 bits per heavy atom. The standard InChI is InChI=1S/C26H27N5OS/c1-18-14-19(2)23-22(15-18)33-26(29-23)31(16-20-8-4-3-5-9-20)24(32)21-10-6-13-30(17-21)25-27-11-7-12-28-25/h3-5,7-9,11-12,14-15,21H,6,10,13,16-17H2,1-2H3. The van der Waals surface area contributed by atoms with Gasteiger partial charge in [-0.15, -0.1) is 0 Å². The summed E-state index contributed by atoms with van der Waals surface area (Å²) in [5, 5.41) is 0.764. The number of anilines is 2. The van der Waals surface area contributed by atoms with Gasteiger partial charge in [0.1, 0.15) is 0 Å². The molecule has 168 valence electrons. The number of carbonyl (C=O) groups excluding carboxylic acids is 1. The van der Waals surface area contributed by atoms with Crippen molar-refractivity contribution in [3.05, 3.63) is 77.6 Å². The van der Waals surface area contributed by atoms with Gasteiger partial charge in [-0.05, 0) is 55.5 Å². The minimum Gasteiger partial charge on any atom is -0.340 e. The maximum Gasteiger partial charge on any atom is 0.233 e. The molecular weight excluding hydrogens is 430 g/mol. The van der Waals surface area contributed by atoms with Crippen LogP contribution >= 0.6 is 11.3 Å². The Labute approximate surface area is 197 Å². The quantitative estimate of drug-likeness (QED) is 0.415. The molecule has 33 heavy (non-hydrogen) atoms. The Kier molecular flexibility index (Phi) is 6.05. The molecule has 2 aromatic carbocycles. The molecule has 0 spiro atoms. The lowest BCUT2D eigenvalue weighted by Crippen LogP contribution is -2.45. The van der Waals surface area contributed by atoms with Crippen LogP contribution < -0.4 is 9.80 Å². The molecule has 1 unspecified atom stereocenters. The van der Waals surface area contributed by atoms with Crippen molar-refractivity contribution in [3.8, 4) is 0 Å². The number of fused-ring (bicyclic) bond motifs is 1. The lowest BCUT2D eigenvalue weighted by molar-refractivity contribution is -0.122. The van der Waals surface area contributed by atoms with Crippen molar-refractivity contribution in [1.82, 2.24) is 15.0 Å². The summed E-state index contributed by atoms with van der Waals surface area (Å²) < 4.78 is 1.12. The highest BCUT2D eigenvalue weighted by molar-refractivity contribution is 7.22. The van der Waals surface area contributed by atoms with Gasteiger partial charge in [0.2, 0.25) is 11.9 Å². The van der Waals surface area contributed by atoms with Crippen molar-refractivity contribution < 1.29 is 4.79 Å². The zero-order chi connectivity index (χ0) is 22.8. The summed E-state index contributed by atoms with van der Waals surface area (Å²) >= 11 is 1.60. The molecule has 1 amide bonds. The third-order valence-corrected chi connectivity index (χ3v) is 7.13. The van der Waals surface area contributed by atoms with Crippen LogP contribution in [0.25, 0.3) is 10.2 Å². The molecule has 0 saturated carbocycles. The highest BCUT2D eigenvalue weighted by Gasteiger charge is 2.32. The van der Waals surface area contributed by atoms with Gasteiger partial charge in [0, 0.05) is 25.5 Å². The van der Waals surface area contributed by atoms with Crippen molar-refractivity contribution in [1.29, 1.82) is 0 Å². The summed E-state index contributed by atoms with van der Waals surface area (Å²) in [7, 11) is 0. The van der Waals surface area contributed by atoms with Crippen LogP contribution in [0.2, 0.25) is 0 Å². The van der Waals surface area contributed by atoms with Crippen molar-refractivity contribution >= 4 is 38.5 Å². The molecule has 0 aliphatic carbocycles. The first-order chi connectivity index (χ1) is 16.1. The molecule has 2 aromatic heterocycles. The number of carbonyl (C=O) groups is 1. The summed E-state index contributed by atoms with van der Waals surface area (Å²) in [5.74, 6) is 0.685. The number of rotatable bonds is 5. The van der Waals surface area contributed by atoms with Crippen LogP contribution in [-0.2, 0) is 11.3 Å². The van der Waals surface area contributed by atoms with E-state index in [-0.39, 0.29) is 11.8 Å². The van der Waals surface area contributed by atoms with Crippen molar-refractivity contribution in [2.24, 2.45) is 5.92 Å². The lowest BCUT2D eigenvalue weighted by Gasteiger charge is -2.34. The van der Waals surface area contributed by atoms with Gasteiger partial charge < -0.3 is 4.90 Å². The topological polar surface area (TPSA) is 62.2 Å². The van der Waals surface area contributed by atoms with Gasteiger partial charge in [-0.2, -0.15) is 0 Å². The Morgan fingerprint density at radius 2 is 1.91 bits per heavy atom. The van der Waals surface area contributed by atoms with Crippen LogP contribution in [0.3, 0.4) is 0 Å². The van der Waals surface area contributed by atoms with E-state index in [1.54, 1.807) is 23.7 Å². The van der Waals surface area contributed by atoms with Crippen LogP contribution in [0, 0.1) is 19.8 Å². The molecule has 4 aromatic rings. The maximum atomic E-state index is 13.9. The summed E-state index contributed by atoms with van der Waals surface area (Å²) in [4.78, 5) is 31.7. The van der Waals surface area contributed by atoms with E-state index in [9.17, 15) is 4.79 Å². The van der Waals surface area contributed by atoms with Crippen LogP contribution in [-0.4, -0.2) is 33.9 Å². The third kappa shape index (κ3) is 4.59. The molecule has 0 N–H and O–H groups in total. The van der Waals surface area contributed by atoms with Gasteiger partial charge in [-0.1, -0.05) is 47.7 Å². The molecule has 3 heterocycles. The second-order valence-corrected chi connectivity index (χ2v) is 9.68. The number of hydrogen-bond donors (Lipinski definition) is 0. The van der Waals surface area contributed by atoms with E-state index in [4.69, 9.17) is 4.98 Å². The second kappa shape index (κ2) is 9.27. The summed E-state index contributed by atoms with van der Waals surface area (Å²) in [6.07, 6.45) is 5.30. The first kappa shape index (κ1) is 21.5. The van der Waals surface area contributed by atoms with Crippen LogP contribution in [0.15, 0.2) is 60.9 Å². The van der Waals surface area contributed by atoms with E-state index < -0.39 is 0 Å². The molecule has 1 aliphatic heterocycles. The fourth-order valence-electron chi connectivity index (χ4n) is 4.52. The minimum atomic E-state index is -0.124. The average Bonchev–Trinajstić information content (AvgIpc) is 3.27. The number of aromatic nitrogens is 3. The highest BCUT2D eigenvalue weighted by atomic mass is 32.1.